The first-order valence-corrected chi connectivity index (χ1v) is 12.0. The molecule has 0 aliphatic carbocycles. The number of carbonyl (C=O) groups is 3. The molecule has 3 amide bonds. The Morgan fingerprint density at radius 1 is 1.03 bits per heavy atom. The zero-order valence-corrected chi connectivity index (χ0v) is 19.8. The first-order valence-electron chi connectivity index (χ1n) is 11.2. The highest BCUT2D eigenvalue weighted by Crippen LogP contribution is 2.31. The fourth-order valence-electron chi connectivity index (χ4n) is 3.73. The van der Waals surface area contributed by atoms with Gasteiger partial charge >= 0.3 is 12.0 Å². The number of hydrogen-bond donors (Lipinski definition) is 2. The summed E-state index contributed by atoms with van der Waals surface area (Å²) in [6.45, 7) is 2.93. The van der Waals surface area contributed by atoms with Gasteiger partial charge in [-0.2, -0.15) is 0 Å². The van der Waals surface area contributed by atoms with Gasteiger partial charge in [-0.3, -0.25) is 4.79 Å². The number of nitrogens with zero attached hydrogens (tertiary/aromatic N) is 3. The Hall–Kier alpha value is -3.86. The Labute approximate surface area is 205 Å². The van der Waals surface area contributed by atoms with Gasteiger partial charge in [0.1, 0.15) is 10.8 Å². The number of hydrogen-bond acceptors (Lipinski definition) is 7. The minimum atomic E-state index is -0.527. The Kier molecular flexibility index (Phi) is 7.66. The molecule has 11 heteroatoms. The van der Waals surface area contributed by atoms with Crippen molar-refractivity contribution in [3.63, 3.8) is 0 Å². The summed E-state index contributed by atoms with van der Waals surface area (Å²) in [5.41, 5.74) is 0.776. The topological polar surface area (TPSA) is 114 Å². The van der Waals surface area contributed by atoms with E-state index in [-0.39, 0.29) is 29.3 Å². The van der Waals surface area contributed by atoms with Crippen LogP contribution in [0.2, 0.25) is 0 Å². The lowest BCUT2D eigenvalue weighted by Gasteiger charge is -2.31. The number of aromatic nitrogens is 2. The van der Waals surface area contributed by atoms with Crippen LogP contribution < -0.4 is 10.6 Å². The fourth-order valence-corrected chi connectivity index (χ4v) is 4.64. The highest BCUT2D eigenvalue weighted by atomic mass is 32.1. The standard InChI is InChI=1S/C24H24FN5O4S/c1-2-34-23(32)16-7-3-5-9-18(16)27-24(33)30-13-11-15(12-14-30)21-28-29-22(35-21)20(31)26-19-10-6-4-8-17(19)25/h3-10,15H,2,11-14H2,1H3,(H,26,31)(H,27,33). The zero-order valence-electron chi connectivity index (χ0n) is 19.0. The van der Waals surface area contributed by atoms with Crippen molar-refractivity contribution in [3.8, 4) is 0 Å². The maximum absolute atomic E-state index is 13.8. The van der Waals surface area contributed by atoms with E-state index < -0.39 is 17.7 Å². The van der Waals surface area contributed by atoms with Gasteiger partial charge in [0.15, 0.2) is 0 Å². The Balaban J connectivity index is 1.33. The molecule has 1 aliphatic rings. The van der Waals surface area contributed by atoms with Crippen LogP contribution in [-0.2, 0) is 4.74 Å². The van der Waals surface area contributed by atoms with Gasteiger partial charge in [-0.05, 0) is 44.0 Å². The molecule has 2 N–H and O–H groups in total. The first kappa shape index (κ1) is 24.3. The zero-order chi connectivity index (χ0) is 24.8. The second-order valence-corrected chi connectivity index (χ2v) is 8.85. The molecule has 0 radical (unpaired) electrons. The van der Waals surface area contributed by atoms with Crippen LogP contribution in [0.1, 0.15) is 50.9 Å². The number of para-hydroxylation sites is 2. The second kappa shape index (κ2) is 11.0. The Bertz CT molecular complexity index is 1230. The number of benzene rings is 2. The highest BCUT2D eigenvalue weighted by Gasteiger charge is 2.28. The van der Waals surface area contributed by atoms with E-state index in [1.807, 2.05) is 0 Å². The summed E-state index contributed by atoms with van der Waals surface area (Å²) in [7, 11) is 0. The molecule has 1 fully saturated rings. The van der Waals surface area contributed by atoms with Crippen molar-refractivity contribution in [2.24, 2.45) is 0 Å². The summed E-state index contributed by atoms with van der Waals surface area (Å²) >= 11 is 1.17. The molecule has 35 heavy (non-hydrogen) atoms. The van der Waals surface area contributed by atoms with E-state index in [2.05, 4.69) is 20.8 Å². The summed E-state index contributed by atoms with van der Waals surface area (Å²) in [6.07, 6.45) is 1.30. The number of anilines is 2. The summed E-state index contributed by atoms with van der Waals surface area (Å²) in [5.74, 6) is -1.48. The molecule has 0 atom stereocenters. The number of likely N-dealkylation sites (tertiary alicyclic amines) is 1. The summed E-state index contributed by atoms with van der Waals surface area (Å²) in [5, 5.41) is 14.3. The van der Waals surface area contributed by atoms with Crippen LogP contribution >= 0.6 is 11.3 Å². The first-order chi connectivity index (χ1) is 17.0. The van der Waals surface area contributed by atoms with Gasteiger partial charge in [0.2, 0.25) is 5.01 Å². The number of nitrogens with one attached hydrogen (secondary N) is 2. The maximum atomic E-state index is 13.8. The molecule has 3 aromatic rings. The fraction of sp³-hybridized carbons (Fsp3) is 0.292. The van der Waals surface area contributed by atoms with Crippen molar-refractivity contribution >= 4 is 40.6 Å². The summed E-state index contributed by atoms with van der Waals surface area (Å²) in [4.78, 5) is 39.0. The van der Waals surface area contributed by atoms with Gasteiger partial charge in [-0.15, -0.1) is 10.2 Å². The maximum Gasteiger partial charge on any atom is 0.340 e. The van der Waals surface area contributed by atoms with Gasteiger partial charge in [0.25, 0.3) is 5.91 Å². The molecule has 0 bridgehead atoms. The van der Waals surface area contributed by atoms with E-state index in [4.69, 9.17) is 4.74 Å². The van der Waals surface area contributed by atoms with Gasteiger partial charge in [0.05, 0.1) is 23.5 Å². The Morgan fingerprint density at radius 3 is 2.43 bits per heavy atom. The molecule has 182 valence electrons. The predicted octanol–water partition coefficient (Wildman–Crippen LogP) is 4.52. The van der Waals surface area contributed by atoms with E-state index in [1.54, 1.807) is 48.2 Å². The largest absolute Gasteiger partial charge is 0.462 e. The molecule has 2 heterocycles. The number of ether oxygens (including phenoxy) is 1. The number of urea groups is 1. The Morgan fingerprint density at radius 2 is 1.71 bits per heavy atom. The van der Waals surface area contributed by atoms with Gasteiger partial charge in [-0.25, -0.2) is 14.0 Å². The highest BCUT2D eigenvalue weighted by molar-refractivity contribution is 7.13. The van der Waals surface area contributed by atoms with Crippen molar-refractivity contribution < 1.29 is 23.5 Å². The SMILES string of the molecule is CCOC(=O)c1ccccc1NC(=O)N1CCC(c2nnc(C(=O)Nc3ccccc3F)s2)CC1. The lowest BCUT2D eigenvalue weighted by Crippen LogP contribution is -2.40. The smallest absolute Gasteiger partial charge is 0.340 e. The van der Waals surface area contributed by atoms with Crippen molar-refractivity contribution in [1.29, 1.82) is 0 Å². The van der Waals surface area contributed by atoms with Crippen LogP contribution in [0, 0.1) is 5.82 Å². The minimum absolute atomic E-state index is 0.0541. The number of rotatable bonds is 6. The van der Waals surface area contributed by atoms with Crippen molar-refractivity contribution in [3.05, 3.63) is 69.9 Å². The third-order valence-electron chi connectivity index (χ3n) is 5.55. The molecule has 1 saturated heterocycles. The van der Waals surface area contributed by atoms with Crippen LogP contribution in [0.5, 0.6) is 0 Å². The van der Waals surface area contributed by atoms with Crippen LogP contribution in [0.4, 0.5) is 20.6 Å². The van der Waals surface area contributed by atoms with E-state index in [0.29, 0.717) is 42.2 Å². The third-order valence-corrected chi connectivity index (χ3v) is 6.64. The van der Waals surface area contributed by atoms with Crippen LogP contribution in [0.3, 0.4) is 0 Å². The van der Waals surface area contributed by atoms with Crippen LogP contribution in [0.15, 0.2) is 48.5 Å². The third kappa shape index (κ3) is 5.80. The average Bonchev–Trinajstić information content (AvgIpc) is 3.37. The number of amides is 3. The molecule has 9 nitrogen and oxygen atoms in total. The van der Waals surface area contributed by atoms with E-state index in [9.17, 15) is 18.8 Å². The van der Waals surface area contributed by atoms with Gasteiger partial charge in [-0.1, -0.05) is 35.6 Å². The van der Waals surface area contributed by atoms with Gasteiger partial charge < -0.3 is 20.3 Å². The second-order valence-electron chi connectivity index (χ2n) is 7.84. The molecule has 1 aliphatic heterocycles. The quantitative estimate of drug-likeness (QED) is 0.484. The molecule has 2 aromatic carbocycles. The number of halogens is 1. The summed E-state index contributed by atoms with van der Waals surface area (Å²) in [6, 6.07) is 12.3. The van der Waals surface area contributed by atoms with Crippen molar-refractivity contribution in [2.45, 2.75) is 25.7 Å². The van der Waals surface area contributed by atoms with E-state index in [1.165, 1.54) is 23.5 Å². The van der Waals surface area contributed by atoms with Crippen LogP contribution in [0.25, 0.3) is 0 Å². The predicted molar refractivity (Wildman–Crippen MR) is 129 cm³/mol. The lowest BCUT2D eigenvalue weighted by molar-refractivity contribution is 0.0527. The number of piperidine rings is 1. The average molecular weight is 498 g/mol. The van der Waals surface area contributed by atoms with Crippen LogP contribution in [-0.4, -0.2) is 52.7 Å². The van der Waals surface area contributed by atoms with Crippen molar-refractivity contribution in [1.82, 2.24) is 15.1 Å². The van der Waals surface area contributed by atoms with Gasteiger partial charge in [0, 0.05) is 19.0 Å². The molecule has 0 unspecified atom stereocenters. The molecule has 4 rings (SSSR count). The molecule has 0 spiro atoms. The van der Waals surface area contributed by atoms with E-state index in [0.717, 1.165) is 0 Å². The monoisotopic (exact) mass is 497 g/mol. The minimum Gasteiger partial charge on any atom is -0.462 e. The van der Waals surface area contributed by atoms with E-state index >= 15 is 0 Å². The molecule has 1 aromatic heterocycles. The summed E-state index contributed by atoms with van der Waals surface area (Å²) < 4.78 is 18.8. The molecular formula is C24H24FN5O4S. The number of carbonyl (C=O) groups excluding carboxylic acids is 3. The molecular weight excluding hydrogens is 473 g/mol. The normalized spacial score (nSPS) is 13.8. The molecule has 0 saturated carbocycles. The number of esters is 1. The lowest BCUT2D eigenvalue weighted by atomic mass is 9.98. The van der Waals surface area contributed by atoms with Crippen molar-refractivity contribution in [2.75, 3.05) is 30.3 Å².